The van der Waals surface area contributed by atoms with E-state index in [4.69, 9.17) is 0 Å². The minimum Gasteiger partial charge on any atom is -0.312 e. The highest BCUT2D eigenvalue weighted by Crippen LogP contribution is 2.17. The molecule has 1 aromatic carbocycles. The molecule has 104 valence electrons. The summed E-state index contributed by atoms with van der Waals surface area (Å²) in [5.74, 6) is -0.314. The van der Waals surface area contributed by atoms with E-state index in [0.29, 0.717) is 17.6 Å². The first-order chi connectivity index (χ1) is 9.63. The summed E-state index contributed by atoms with van der Waals surface area (Å²) in [4.78, 5) is 12.0. The van der Waals surface area contributed by atoms with Crippen LogP contribution in [0.25, 0.3) is 0 Å². The van der Waals surface area contributed by atoms with Gasteiger partial charge in [0.15, 0.2) is 0 Å². The molecule has 0 saturated heterocycles. The number of nitrogens with zero attached hydrogens (tertiary/aromatic N) is 2. The molecule has 1 aromatic heterocycles. The van der Waals surface area contributed by atoms with Gasteiger partial charge in [-0.1, -0.05) is 6.07 Å². The molecule has 0 bridgehead atoms. The van der Waals surface area contributed by atoms with Gasteiger partial charge < -0.3 is 5.32 Å². The van der Waals surface area contributed by atoms with Crippen LogP contribution in [0.3, 0.4) is 0 Å². The highest BCUT2D eigenvalue weighted by Gasteiger charge is 2.13. The Hall–Kier alpha value is -1.53. The van der Waals surface area contributed by atoms with Crippen molar-refractivity contribution in [3.63, 3.8) is 0 Å². The molecule has 1 aliphatic rings. The molecule has 20 heavy (non-hydrogen) atoms. The third-order valence-electron chi connectivity index (χ3n) is 3.33. The Bertz CT molecular complexity index is 714. The number of hydrogen-bond acceptors (Lipinski definition) is 3. The maximum atomic E-state index is 13.2. The monoisotopic (exact) mass is 337 g/mol. The van der Waals surface area contributed by atoms with Gasteiger partial charge in [0, 0.05) is 25.6 Å². The first-order valence-corrected chi connectivity index (χ1v) is 7.17. The molecule has 6 heteroatoms. The van der Waals surface area contributed by atoms with Gasteiger partial charge in [-0.15, -0.1) is 0 Å². The smallest absolute Gasteiger partial charge is 0.267 e. The fourth-order valence-corrected chi connectivity index (χ4v) is 2.71. The van der Waals surface area contributed by atoms with E-state index in [0.717, 1.165) is 29.8 Å². The van der Waals surface area contributed by atoms with E-state index in [1.165, 1.54) is 10.7 Å². The number of fused-ring (bicyclic) bond motifs is 1. The molecule has 0 atom stereocenters. The van der Waals surface area contributed by atoms with E-state index >= 15 is 0 Å². The van der Waals surface area contributed by atoms with E-state index < -0.39 is 0 Å². The van der Waals surface area contributed by atoms with E-state index in [1.54, 1.807) is 18.2 Å². The minimum absolute atomic E-state index is 0.132. The van der Waals surface area contributed by atoms with E-state index in [2.05, 4.69) is 26.3 Å². The lowest BCUT2D eigenvalue weighted by Crippen LogP contribution is -2.31. The van der Waals surface area contributed by atoms with Crippen molar-refractivity contribution in [1.82, 2.24) is 15.1 Å². The van der Waals surface area contributed by atoms with Crippen LogP contribution in [0, 0.1) is 5.82 Å². The highest BCUT2D eigenvalue weighted by atomic mass is 79.9. The summed E-state index contributed by atoms with van der Waals surface area (Å²) in [5.41, 5.74) is 2.64. The van der Waals surface area contributed by atoms with Crippen molar-refractivity contribution < 1.29 is 4.39 Å². The average Bonchev–Trinajstić information content (AvgIpc) is 2.44. The summed E-state index contributed by atoms with van der Waals surface area (Å²) in [6, 6.07) is 6.35. The maximum absolute atomic E-state index is 13.2. The van der Waals surface area contributed by atoms with E-state index in [-0.39, 0.29) is 11.4 Å². The van der Waals surface area contributed by atoms with Crippen LogP contribution in [0.4, 0.5) is 4.39 Å². The van der Waals surface area contributed by atoms with Crippen LogP contribution in [0.1, 0.15) is 16.8 Å². The van der Waals surface area contributed by atoms with Gasteiger partial charge >= 0.3 is 0 Å². The summed E-state index contributed by atoms with van der Waals surface area (Å²) in [7, 11) is 0. The van der Waals surface area contributed by atoms with Gasteiger partial charge in [0.25, 0.3) is 5.56 Å². The van der Waals surface area contributed by atoms with Gasteiger partial charge in [0.2, 0.25) is 0 Å². The van der Waals surface area contributed by atoms with Crippen LogP contribution in [-0.2, 0) is 19.5 Å². The second-order valence-corrected chi connectivity index (χ2v) is 5.64. The minimum atomic E-state index is -0.314. The van der Waals surface area contributed by atoms with Crippen molar-refractivity contribution in [1.29, 1.82) is 0 Å². The molecule has 0 fully saturated rings. The Balaban J connectivity index is 1.94. The molecule has 0 saturated carbocycles. The van der Waals surface area contributed by atoms with Gasteiger partial charge in [0.1, 0.15) is 5.82 Å². The summed E-state index contributed by atoms with van der Waals surface area (Å²) in [6.07, 6.45) is 0.822. The van der Waals surface area contributed by atoms with Crippen molar-refractivity contribution >= 4 is 15.9 Å². The predicted molar refractivity (Wildman–Crippen MR) is 77.1 cm³/mol. The van der Waals surface area contributed by atoms with Crippen molar-refractivity contribution in [2.45, 2.75) is 19.5 Å². The first-order valence-electron chi connectivity index (χ1n) is 6.38. The zero-order chi connectivity index (χ0) is 14.1. The Morgan fingerprint density at radius 3 is 3.05 bits per heavy atom. The summed E-state index contributed by atoms with van der Waals surface area (Å²) < 4.78 is 15.0. The lowest BCUT2D eigenvalue weighted by molar-refractivity contribution is 0.561. The molecule has 1 aliphatic heterocycles. The maximum Gasteiger partial charge on any atom is 0.267 e. The third kappa shape index (κ3) is 2.66. The standard InChI is InChI=1S/C14H13BrFN3O/c15-11-5-9(1-2-12(11)16)8-19-14(20)6-10-7-17-4-3-13(10)18-19/h1-2,5-6,17H,3-4,7-8H2. The van der Waals surface area contributed by atoms with Crippen LogP contribution in [0.5, 0.6) is 0 Å². The molecule has 4 nitrogen and oxygen atoms in total. The molecule has 3 rings (SSSR count). The molecule has 2 heterocycles. The van der Waals surface area contributed by atoms with Crippen molar-refractivity contribution in [3.05, 3.63) is 61.7 Å². The average molecular weight is 338 g/mol. The summed E-state index contributed by atoms with van der Waals surface area (Å²) in [6.45, 7) is 1.92. The second-order valence-electron chi connectivity index (χ2n) is 4.79. The molecule has 0 spiro atoms. The predicted octanol–water partition coefficient (Wildman–Crippen LogP) is 1.84. The topological polar surface area (TPSA) is 46.9 Å². The normalized spacial score (nSPS) is 14.1. The lowest BCUT2D eigenvalue weighted by Gasteiger charge is -2.17. The van der Waals surface area contributed by atoms with Crippen molar-refractivity contribution in [2.24, 2.45) is 0 Å². The molecule has 2 aromatic rings. The van der Waals surface area contributed by atoms with Crippen LogP contribution in [0.15, 0.2) is 33.5 Å². The fourth-order valence-electron chi connectivity index (χ4n) is 2.28. The Labute approximate surface area is 123 Å². The van der Waals surface area contributed by atoms with Crippen molar-refractivity contribution in [2.75, 3.05) is 6.54 Å². The molecule has 0 aliphatic carbocycles. The Morgan fingerprint density at radius 2 is 2.25 bits per heavy atom. The summed E-state index contributed by atoms with van der Waals surface area (Å²) in [5, 5.41) is 7.63. The number of nitrogens with one attached hydrogen (secondary N) is 1. The number of aromatic nitrogens is 2. The largest absolute Gasteiger partial charge is 0.312 e. The first kappa shape index (κ1) is 13.5. The molecule has 1 N–H and O–H groups in total. The van der Waals surface area contributed by atoms with Gasteiger partial charge in [-0.2, -0.15) is 5.10 Å². The summed E-state index contributed by atoms with van der Waals surface area (Å²) >= 11 is 3.15. The number of benzene rings is 1. The number of halogens is 2. The molecule has 0 unspecified atom stereocenters. The molecular weight excluding hydrogens is 325 g/mol. The Kier molecular flexibility index (Phi) is 3.67. The second kappa shape index (κ2) is 5.46. The molecule has 0 radical (unpaired) electrons. The zero-order valence-corrected chi connectivity index (χ0v) is 12.3. The van der Waals surface area contributed by atoms with Crippen LogP contribution in [-0.4, -0.2) is 16.3 Å². The number of hydrogen-bond donors (Lipinski definition) is 1. The van der Waals surface area contributed by atoms with Crippen LogP contribution in [0.2, 0.25) is 0 Å². The number of rotatable bonds is 2. The van der Waals surface area contributed by atoms with Crippen molar-refractivity contribution in [3.8, 4) is 0 Å². The van der Waals surface area contributed by atoms with Gasteiger partial charge in [0.05, 0.1) is 16.7 Å². The van der Waals surface area contributed by atoms with E-state index in [1.807, 2.05) is 0 Å². The lowest BCUT2D eigenvalue weighted by atomic mass is 10.1. The Morgan fingerprint density at radius 1 is 1.40 bits per heavy atom. The van der Waals surface area contributed by atoms with Crippen LogP contribution >= 0.6 is 15.9 Å². The fraction of sp³-hybridized carbons (Fsp3) is 0.286. The molecular formula is C14H13BrFN3O. The van der Waals surface area contributed by atoms with Crippen LogP contribution < -0.4 is 10.9 Å². The highest BCUT2D eigenvalue weighted by molar-refractivity contribution is 9.10. The van der Waals surface area contributed by atoms with Gasteiger partial charge in [-0.25, -0.2) is 9.07 Å². The van der Waals surface area contributed by atoms with Gasteiger partial charge in [-0.3, -0.25) is 4.79 Å². The third-order valence-corrected chi connectivity index (χ3v) is 3.94. The van der Waals surface area contributed by atoms with E-state index in [9.17, 15) is 9.18 Å². The zero-order valence-electron chi connectivity index (χ0n) is 10.7. The molecule has 0 amide bonds. The quantitative estimate of drug-likeness (QED) is 0.909. The van der Waals surface area contributed by atoms with Gasteiger partial charge in [-0.05, 0) is 39.2 Å². The SMILES string of the molecule is O=c1cc2c(nn1Cc1ccc(F)c(Br)c1)CCNC2.